The molecule has 3 aliphatic rings. The lowest BCUT2D eigenvalue weighted by Crippen LogP contribution is -2.52. The zero-order chi connectivity index (χ0) is 19.0. The third-order valence-electron chi connectivity index (χ3n) is 6.37. The first-order chi connectivity index (χ1) is 13.1. The number of hydrogen-bond donors (Lipinski definition) is 4. The van der Waals surface area contributed by atoms with Crippen LogP contribution < -0.4 is 0 Å². The van der Waals surface area contributed by atoms with Gasteiger partial charge >= 0.3 is 0 Å². The first-order valence-corrected chi connectivity index (χ1v) is 12.9. The Labute approximate surface area is 189 Å². The molecule has 0 N–H and O–H groups in total. The minimum atomic E-state index is 0.401. The predicted octanol–water partition coefficient (Wildman–Crippen LogP) is 5.32. The summed E-state index contributed by atoms with van der Waals surface area (Å²) in [5.74, 6) is 3.36. The lowest BCUT2D eigenvalue weighted by molar-refractivity contribution is -0.0429. The molecule has 0 bridgehead atoms. The highest BCUT2D eigenvalue weighted by Crippen LogP contribution is 2.46. The molecule has 3 saturated heterocycles. The number of thiol groups is 4. The van der Waals surface area contributed by atoms with Gasteiger partial charge in [0.25, 0.3) is 0 Å². The van der Waals surface area contributed by atoms with Gasteiger partial charge < -0.3 is 4.74 Å². The number of nitrogens with zero attached hydrogens (tertiary/aromatic N) is 1. The molecule has 150 valence electrons. The summed E-state index contributed by atoms with van der Waals surface area (Å²) in [6.45, 7) is 3.35. The van der Waals surface area contributed by atoms with Gasteiger partial charge in [0, 0.05) is 55.6 Å². The average molecular weight is 460 g/mol. The van der Waals surface area contributed by atoms with E-state index in [1.165, 1.54) is 56.5 Å². The van der Waals surface area contributed by atoms with Crippen LogP contribution in [-0.2, 0) is 4.74 Å². The van der Waals surface area contributed by atoms with Gasteiger partial charge in [-0.2, -0.15) is 11.8 Å². The van der Waals surface area contributed by atoms with E-state index in [1.54, 1.807) is 0 Å². The molecule has 0 aliphatic carbocycles. The van der Waals surface area contributed by atoms with Crippen LogP contribution in [0.15, 0.2) is 25.6 Å². The van der Waals surface area contributed by atoms with Crippen molar-refractivity contribution < 1.29 is 4.74 Å². The predicted molar refractivity (Wildman–Crippen MR) is 127 cm³/mol. The lowest BCUT2D eigenvalue weighted by Gasteiger charge is -2.47. The minimum absolute atomic E-state index is 0.401. The van der Waals surface area contributed by atoms with Gasteiger partial charge in [0.15, 0.2) is 0 Å². The van der Waals surface area contributed by atoms with E-state index in [9.17, 15) is 0 Å². The summed E-state index contributed by atoms with van der Waals surface area (Å²) in [4.78, 5) is 6.29. The van der Waals surface area contributed by atoms with Gasteiger partial charge in [-0.25, -0.2) is 0 Å². The summed E-state index contributed by atoms with van der Waals surface area (Å²) in [5, 5.41) is 0. The topological polar surface area (TPSA) is 12.5 Å². The van der Waals surface area contributed by atoms with Crippen LogP contribution in [-0.4, -0.2) is 48.2 Å². The molecule has 7 heteroatoms. The Bertz CT molecular complexity index is 673. The average Bonchev–Trinajstić information content (AvgIpc) is 3.24. The normalized spacial score (nSPS) is 32.7. The van der Waals surface area contributed by atoms with Crippen LogP contribution in [0.2, 0.25) is 0 Å². The maximum Gasteiger partial charge on any atom is 0.0626 e. The Balaban J connectivity index is 1.71. The van der Waals surface area contributed by atoms with E-state index in [2.05, 4.69) is 60.6 Å². The molecule has 0 aromatic heterocycles. The standard InChI is InChI=1S/C20H29NOS5/c23-16-9-12(18(24)20(26)19(16)25)13-10-27-11-14(15-5-1-4-8-22-15)17(13)21-6-2-3-7-21/h9,13-15,17,23-26H,1-8,10-11H2. The molecule has 4 rings (SSSR count). The molecule has 3 fully saturated rings. The van der Waals surface area contributed by atoms with Gasteiger partial charge in [0.05, 0.1) is 6.10 Å². The molecule has 27 heavy (non-hydrogen) atoms. The molecule has 0 radical (unpaired) electrons. The zero-order valence-corrected chi connectivity index (χ0v) is 19.9. The Morgan fingerprint density at radius 2 is 1.70 bits per heavy atom. The van der Waals surface area contributed by atoms with E-state index in [4.69, 9.17) is 17.4 Å². The summed E-state index contributed by atoms with van der Waals surface area (Å²) in [6, 6.07) is 2.71. The van der Waals surface area contributed by atoms with Gasteiger partial charge in [-0.15, -0.1) is 50.5 Å². The van der Waals surface area contributed by atoms with Crippen molar-refractivity contribution in [2.24, 2.45) is 5.92 Å². The number of rotatable bonds is 3. The fraction of sp³-hybridized carbons (Fsp3) is 0.700. The third kappa shape index (κ3) is 4.35. The van der Waals surface area contributed by atoms with E-state index < -0.39 is 0 Å². The Hall–Kier alpha value is 0.890. The van der Waals surface area contributed by atoms with Crippen LogP contribution in [0.5, 0.6) is 0 Å². The zero-order valence-electron chi connectivity index (χ0n) is 15.5. The summed E-state index contributed by atoms with van der Waals surface area (Å²) in [5.41, 5.74) is 1.29. The van der Waals surface area contributed by atoms with Crippen molar-refractivity contribution in [3.63, 3.8) is 0 Å². The molecular weight excluding hydrogens is 431 g/mol. The fourth-order valence-corrected chi connectivity index (χ4v) is 7.68. The highest BCUT2D eigenvalue weighted by Gasteiger charge is 2.44. The Morgan fingerprint density at radius 3 is 2.41 bits per heavy atom. The van der Waals surface area contributed by atoms with Gasteiger partial charge in [-0.05, 0) is 56.8 Å². The van der Waals surface area contributed by atoms with Crippen molar-refractivity contribution in [1.29, 1.82) is 0 Å². The van der Waals surface area contributed by atoms with Crippen LogP contribution >= 0.6 is 62.3 Å². The molecule has 0 amide bonds. The van der Waals surface area contributed by atoms with Gasteiger partial charge in [0.2, 0.25) is 0 Å². The summed E-state index contributed by atoms with van der Waals surface area (Å²) >= 11 is 20.9. The number of thioether (sulfide) groups is 1. The largest absolute Gasteiger partial charge is 0.378 e. The maximum atomic E-state index is 6.29. The maximum absolute atomic E-state index is 6.29. The summed E-state index contributed by atoms with van der Waals surface area (Å²) < 4.78 is 6.29. The minimum Gasteiger partial charge on any atom is -0.378 e. The van der Waals surface area contributed by atoms with Crippen LogP contribution in [0.4, 0.5) is 0 Å². The van der Waals surface area contributed by atoms with E-state index >= 15 is 0 Å². The third-order valence-corrected chi connectivity index (χ3v) is 9.86. The SMILES string of the molecule is Sc1cc(C2CSCC(C3CCCCO3)C2N2CCCC2)c(S)c(S)c1S. The molecule has 1 aromatic carbocycles. The van der Waals surface area contributed by atoms with Crippen LogP contribution in [0, 0.1) is 5.92 Å². The van der Waals surface area contributed by atoms with E-state index in [1.807, 2.05) is 0 Å². The number of benzene rings is 1. The molecule has 3 aliphatic heterocycles. The molecular formula is C20H29NOS5. The van der Waals surface area contributed by atoms with Crippen molar-refractivity contribution in [3.8, 4) is 0 Å². The van der Waals surface area contributed by atoms with Crippen LogP contribution in [0.25, 0.3) is 0 Å². The fourth-order valence-electron chi connectivity index (χ4n) is 5.03. The Kier molecular flexibility index (Phi) is 7.32. The van der Waals surface area contributed by atoms with Crippen LogP contribution in [0.1, 0.15) is 43.6 Å². The van der Waals surface area contributed by atoms with Crippen molar-refractivity contribution in [1.82, 2.24) is 4.90 Å². The highest BCUT2D eigenvalue weighted by atomic mass is 32.2. The lowest BCUT2D eigenvalue weighted by atomic mass is 9.79. The van der Waals surface area contributed by atoms with Crippen molar-refractivity contribution >= 4 is 62.3 Å². The van der Waals surface area contributed by atoms with Gasteiger partial charge in [-0.3, -0.25) is 4.90 Å². The summed E-state index contributed by atoms with van der Waals surface area (Å²) in [6.07, 6.45) is 6.75. The molecule has 2 nitrogen and oxygen atoms in total. The van der Waals surface area contributed by atoms with E-state index in [0.29, 0.717) is 24.0 Å². The first kappa shape index (κ1) is 21.1. The van der Waals surface area contributed by atoms with Crippen molar-refractivity contribution in [2.75, 3.05) is 31.2 Å². The summed E-state index contributed by atoms with van der Waals surface area (Å²) in [7, 11) is 0. The number of likely N-dealkylation sites (tertiary alicyclic amines) is 1. The van der Waals surface area contributed by atoms with Crippen LogP contribution in [0.3, 0.4) is 0 Å². The van der Waals surface area contributed by atoms with Gasteiger partial charge in [0.1, 0.15) is 0 Å². The molecule has 1 aromatic rings. The van der Waals surface area contributed by atoms with Crippen molar-refractivity contribution in [2.45, 2.75) is 69.7 Å². The van der Waals surface area contributed by atoms with Gasteiger partial charge in [-0.1, -0.05) is 0 Å². The number of hydrogen-bond acceptors (Lipinski definition) is 7. The second-order valence-corrected chi connectivity index (χ2v) is 10.9. The highest BCUT2D eigenvalue weighted by molar-refractivity contribution is 7.99. The molecule has 0 spiro atoms. The smallest absolute Gasteiger partial charge is 0.0626 e. The second kappa shape index (κ2) is 9.36. The number of ether oxygens (including phenoxy) is 1. The second-order valence-electron chi connectivity index (χ2n) is 7.98. The quantitative estimate of drug-likeness (QED) is 0.457. The van der Waals surface area contributed by atoms with E-state index in [-0.39, 0.29) is 0 Å². The first-order valence-electron chi connectivity index (χ1n) is 9.98. The molecule has 0 saturated carbocycles. The van der Waals surface area contributed by atoms with E-state index in [0.717, 1.165) is 31.9 Å². The molecule has 3 heterocycles. The molecule has 4 unspecified atom stereocenters. The Morgan fingerprint density at radius 1 is 0.926 bits per heavy atom. The van der Waals surface area contributed by atoms with Crippen molar-refractivity contribution in [3.05, 3.63) is 11.6 Å². The monoisotopic (exact) mass is 459 g/mol. The molecule has 4 atom stereocenters.